The maximum atomic E-state index is 12.2. The van der Waals surface area contributed by atoms with E-state index in [1.54, 1.807) is 43.5 Å². The fraction of sp³-hybridized carbons (Fsp3) is 0.111. The third-order valence-corrected chi connectivity index (χ3v) is 3.08. The molecule has 4 nitrogen and oxygen atoms in total. The quantitative estimate of drug-likeness (QED) is 0.692. The van der Waals surface area contributed by atoms with E-state index in [2.05, 4.69) is 5.32 Å². The van der Waals surface area contributed by atoms with Gasteiger partial charge in [0.1, 0.15) is 17.4 Å². The molecule has 0 saturated carbocycles. The van der Waals surface area contributed by atoms with Gasteiger partial charge in [-0.25, -0.2) is 0 Å². The Morgan fingerprint density at radius 3 is 2.59 bits per heavy atom. The van der Waals surface area contributed by atoms with Crippen LogP contribution in [0.15, 0.2) is 54.1 Å². The number of ether oxygens (including phenoxy) is 1. The van der Waals surface area contributed by atoms with Gasteiger partial charge in [0.05, 0.1) is 7.11 Å². The van der Waals surface area contributed by atoms with E-state index in [0.717, 1.165) is 11.1 Å². The summed E-state index contributed by atoms with van der Waals surface area (Å²) in [5, 5.41) is 11.9. The fourth-order valence-electron chi connectivity index (χ4n) is 1.88. The number of benzene rings is 2. The van der Waals surface area contributed by atoms with Crippen molar-refractivity contribution in [3.05, 3.63) is 65.2 Å². The van der Waals surface area contributed by atoms with Gasteiger partial charge in [-0.2, -0.15) is 5.26 Å². The second-order valence-electron chi connectivity index (χ2n) is 4.77. The molecule has 22 heavy (non-hydrogen) atoms. The Bertz CT molecular complexity index is 740. The Morgan fingerprint density at radius 2 is 1.95 bits per heavy atom. The monoisotopic (exact) mass is 292 g/mol. The number of carbonyl (C=O) groups excluding carboxylic acids is 1. The van der Waals surface area contributed by atoms with Crippen LogP contribution in [0.1, 0.15) is 11.1 Å². The molecule has 110 valence electrons. The number of anilines is 1. The van der Waals surface area contributed by atoms with Gasteiger partial charge in [0.2, 0.25) is 0 Å². The standard InChI is InChI=1S/C18H16N2O2/c1-13-6-8-16(9-7-13)20-18(21)15(12-19)10-14-4-3-5-17(11-14)22-2/h3-11H,1-2H3,(H,20,21)/b15-10-. The first kappa shape index (κ1) is 15.3. The van der Waals surface area contributed by atoms with Crippen LogP contribution >= 0.6 is 0 Å². The number of methoxy groups -OCH3 is 1. The van der Waals surface area contributed by atoms with Crippen molar-refractivity contribution < 1.29 is 9.53 Å². The van der Waals surface area contributed by atoms with Crippen molar-refractivity contribution in [3.63, 3.8) is 0 Å². The number of carbonyl (C=O) groups is 1. The zero-order valence-electron chi connectivity index (χ0n) is 12.5. The van der Waals surface area contributed by atoms with Gasteiger partial charge in [-0.15, -0.1) is 0 Å². The third-order valence-electron chi connectivity index (χ3n) is 3.08. The highest BCUT2D eigenvalue weighted by Crippen LogP contribution is 2.16. The molecule has 1 N–H and O–H groups in total. The summed E-state index contributed by atoms with van der Waals surface area (Å²) >= 11 is 0. The minimum absolute atomic E-state index is 0.0360. The molecule has 0 atom stereocenters. The van der Waals surface area contributed by atoms with Gasteiger partial charge in [0.15, 0.2) is 0 Å². The Morgan fingerprint density at radius 1 is 1.23 bits per heavy atom. The molecule has 0 heterocycles. The van der Waals surface area contributed by atoms with Crippen molar-refractivity contribution >= 4 is 17.7 Å². The van der Waals surface area contributed by atoms with Gasteiger partial charge in [-0.1, -0.05) is 29.8 Å². The summed E-state index contributed by atoms with van der Waals surface area (Å²) in [5.74, 6) is 0.235. The summed E-state index contributed by atoms with van der Waals surface area (Å²) in [6.07, 6.45) is 1.53. The van der Waals surface area contributed by atoms with Crippen molar-refractivity contribution in [2.75, 3.05) is 12.4 Å². The van der Waals surface area contributed by atoms with Gasteiger partial charge in [-0.3, -0.25) is 4.79 Å². The molecule has 0 fully saturated rings. The molecule has 0 aliphatic heterocycles. The lowest BCUT2D eigenvalue weighted by Crippen LogP contribution is -2.13. The average Bonchev–Trinajstić information content (AvgIpc) is 2.54. The zero-order valence-corrected chi connectivity index (χ0v) is 12.5. The SMILES string of the molecule is COc1cccc(/C=C(/C#N)C(=O)Nc2ccc(C)cc2)c1. The smallest absolute Gasteiger partial charge is 0.266 e. The number of hydrogen-bond donors (Lipinski definition) is 1. The molecule has 0 saturated heterocycles. The van der Waals surface area contributed by atoms with Crippen molar-refractivity contribution in [2.45, 2.75) is 6.92 Å². The number of amides is 1. The van der Waals surface area contributed by atoms with Gasteiger partial charge in [0.25, 0.3) is 5.91 Å². The highest BCUT2D eigenvalue weighted by Gasteiger charge is 2.09. The number of nitrogens with one attached hydrogen (secondary N) is 1. The predicted octanol–water partition coefficient (Wildman–Crippen LogP) is 3.55. The van der Waals surface area contributed by atoms with E-state index in [9.17, 15) is 10.1 Å². The molecule has 0 unspecified atom stereocenters. The number of hydrogen-bond acceptors (Lipinski definition) is 3. The Kier molecular flexibility index (Phi) is 4.94. The molecule has 1 amide bonds. The normalized spacial score (nSPS) is 10.7. The summed E-state index contributed by atoms with van der Waals surface area (Å²) < 4.78 is 5.12. The molecular weight excluding hydrogens is 276 g/mol. The first-order valence-electron chi connectivity index (χ1n) is 6.76. The highest BCUT2D eigenvalue weighted by atomic mass is 16.5. The van der Waals surface area contributed by atoms with Crippen LogP contribution in [0.5, 0.6) is 5.75 Å². The molecule has 2 aromatic carbocycles. The van der Waals surface area contributed by atoms with Crippen molar-refractivity contribution in [2.24, 2.45) is 0 Å². The molecule has 2 rings (SSSR count). The summed E-state index contributed by atoms with van der Waals surface area (Å²) in [6.45, 7) is 1.97. The second-order valence-corrected chi connectivity index (χ2v) is 4.77. The topological polar surface area (TPSA) is 62.1 Å². The Labute approximate surface area is 129 Å². The van der Waals surface area contributed by atoms with Crippen molar-refractivity contribution in [3.8, 4) is 11.8 Å². The molecule has 0 radical (unpaired) electrons. The first-order valence-corrected chi connectivity index (χ1v) is 6.76. The van der Waals surface area contributed by atoms with E-state index < -0.39 is 5.91 Å². The van der Waals surface area contributed by atoms with Crippen molar-refractivity contribution in [1.82, 2.24) is 0 Å². The second kappa shape index (κ2) is 7.09. The highest BCUT2D eigenvalue weighted by molar-refractivity contribution is 6.09. The molecule has 0 aliphatic rings. The van der Waals surface area contributed by atoms with E-state index in [4.69, 9.17) is 4.74 Å². The lowest BCUT2D eigenvalue weighted by molar-refractivity contribution is -0.112. The molecule has 0 spiro atoms. The lowest BCUT2D eigenvalue weighted by atomic mass is 10.1. The van der Waals surface area contributed by atoms with Crippen LogP contribution in [-0.4, -0.2) is 13.0 Å². The molecule has 0 aromatic heterocycles. The van der Waals surface area contributed by atoms with Crippen LogP contribution < -0.4 is 10.1 Å². The van der Waals surface area contributed by atoms with E-state index in [1.807, 2.05) is 25.1 Å². The molecule has 0 aliphatic carbocycles. The molecule has 4 heteroatoms. The van der Waals surface area contributed by atoms with Crippen LogP contribution in [0.2, 0.25) is 0 Å². The fourth-order valence-corrected chi connectivity index (χ4v) is 1.88. The molecule has 2 aromatic rings. The summed E-state index contributed by atoms with van der Waals surface area (Å²) in [6, 6.07) is 16.5. The number of aryl methyl sites for hydroxylation is 1. The summed E-state index contributed by atoms with van der Waals surface area (Å²) in [5.41, 5.74) is 2.52. The Hall–Kier alpha value is -3.06. The largest absolute Gasteiger partial charge is 0.497 e. The van der Waals surface area contributed by atoms with E-state index in [1.165, 1.54) is 6.08 Å². The van der Waals surface area contributed by atoms with E-state index in [0.29, 0.717) is 11.4 Å². The summed E-state index contributed by atoms with van der Waals surface area (Å²) in [7, 11) is 1.57. The number of nitrogens with zero attached hydrogens (tertiary/aromatic N) is 1. The van der Waals surface area contributed by atoms with Gasteiger partial charge < -0.3 is 10.1 Å². The maximum Gasteiger partial charge on any atom is 0.266 e. The summed E-state index contributed by atoms with van der Waals surface area (Å²) in [4.78, 5) is 12.2. The predicted molar refractivity (Wildman–Crippen MR) is 86.4 cm³/mol. The van der Waals surface area contributed by atoms with Gasteiger partial charge >= 0.3 is 0 Å². The number of rotatable bonds is 4. The van der Waals surface area contributed by atoms with Crippen LogP contribution in [0.25, 0.3) is 6.08 Å². The van der Waals surface area contributed by atoms with Gasteiger partial charge in [-0.05, 0) is 42.8 Å². The van der Waals surface area contributed by atoms with Crippen LogP contribution in [-0.2, 0) is 4.79 Å². The third kappa shape index (κ3) is 3.97. The maximum absolute atomic E-state index is 12.2. The van der Waals surface area contributed by atoms with E-state index >= 15 is 0 Å². The van der Waals surface area contributed by atoms with Crippen molar-refractivity contribution in [1.29, 1.82) is 5.26 Å². The zero-order chi connectivity index (χ0) is 15.9. The van der Waals surface area contributed by atoms with Crippen LogP contribution in [0, 0.1) is 18.3 Å². The van der Waals surface area contributed by atoms with Crippen LogP contribution in [0.4, 0.5) is 5.69 Å². The minimum atomic E-state index is -0.436. The average molecular weight is 292 g/mol. The molecule has 0 bridgehead atoms. The number of nitriles is 1. The lowest BCUT2D eigenvalue weighted by Gasteiger charge is -2.05. The molecular formula is C18H16N2O2. The van der Waals surface area contributed by atoms with Crippen LogP contribution in [0.3, 0.4) is 0 Å². The van der Waals surface area contributed by atoms with E-state index in [-0.39, 0.29) is 5.57 Å². The minimum Gasteiger partial charge on any atom is -0.497 e. The van der Waals surface area contributed by atoms with Gasteiger partial charge in [0, 0.05) is 5.69 Å². The first-order chi connectivity index (χ1) is 10.6. The Balaban J connectivity index is 2.19.